The van der Waals surface area contributed by atoms with Crippen LogP contribution < -0.4 is 0 Å². The summed E-state index contributed by atoms with van der Waals surface area (Å²) in [6, 6.07) is 0. The Morgan fingerprint density at radius 3 is 2.57 bits per heavy atom. The number of hydrogen-bond donors (Lipinski definition) is 0. The number of piperidine rings is 1. The van der Waals surface area contributed by atoms with Crippen molar-refractivity contribution in [2.45, 2.75) is 46.1 Å². The lowest BCUT2D eigenvalue weighted by Crippen LogP contribution is -2.46. The van der Waals surface area contributed by atoms with Crippen LogP contribution in [0.25, 0.3) is 0 Å². The minimum atomic E-state index is -0.478. The molecule has 0 unspecified atom stereocenters. The zero-order chi connectivity index (χ0) is 16.0. The summed E-state index contributed by atoms with van der Waals surface area (Å²) in [7, 11) is 0. The molecule has 1 fully saturated rings. The summed E-state index contributed by atoms with van der Waals surface area (Å²) in [6.45, 7) is 10.2. The quantitative estimate of drug-likeness (QED) is 0.749. The highest BCUT2D eigenvalue weighted by molar-refractivity contribution is 6.27. The Hall–Kier alpha value is -0.970. The van der Waals surface area contributed by atoms with Gasteiger partial charge in [0.1, 0.15) is 11.5 Å². The van der Waals surface area contributed by atoms with Gasteiger partial charge in [-0.2, -0.15) is 0 Å². The standard InChI is InChI=1S/C15H27ClN2O3/c1-5-17(13(19)9-16)10-12-7-6-8-18(11-12)14(20)21-15(2,3)4/h12H,5-11H2,1-4H3/t12-/m1/s1. The maximum Gasteiger partial charge on any atom is 0.410 e. The van der Waals surface area contributed by atoms with Gasteiger partial charge in [-0.15, -0.1) is 11.6 Å². The van der Waals surface area contributed by atoms with Crippen molar-refractivity contribution in [2.75, 3.05) is 32.1 Å². The third kappa shape index (κ3) is 6.12. The van der Waals surface area contributed by atoms with Crippen LogP contribution in [0.4, 0.5) is 4.79 Å². The first-order chi connectivity index (χ1) is 9.76. The molecule has 6 heteroatoms. The summed E-state index contributed by atoms with van der Waals surface area (Å²) in [5.41, 5.74) is -0.478. The zero-order valence-corrected chi connectivity index (χ0v) is 14.3. The summed E-state index contributed by atoms with van der Waals surface area (Å²) < 4.78 is 5.41. The van der Waals surface area contributed by atoms with E-state index < -0.39 is 5.60 Å². The number of alkyl halides is 1. The summed E-state index contributed by atoms with van der Waals surface area (Å²) in [5, 5.41) is 0. The molecule has 0 saturated carbocycles. The number of rotatable bonds is 4. The van der Waals surface area contributed by atoms with Gasteiger partial charge in [0.05, 0.1) is 0 Å². The van der Waals surface area contributed by atoms with Crippen LogP contribution in [0.1, 0.15) is 40.5 Å². The lowest BCUT2D eigenvalue weighted by atomic mass is 9.97. The van der Waals surface area contributed by atoms with E-state index in [1.807, 2.05) is 27.7 Å². The van der Waals surface area contributed by atoms with Gasteiger partial charge < -0.3 is 14.5 Å². The smallest absolute Gasteiger partial charge is 0.410 e. The lowest BCUT2D eigenvalue weighted by molar-refractivity contribution is -0.129. The molecule has 0 radical (unpaired) electrons. The summed E-state index contributed by atoms with van der Waals surface area (Å²) in [6.07, 6.45) is 1.70. The summed E-state index contributed by atoms with van der Waals surface area (Å²) in [4.78, 5) is 27.3. The monoisotopic (exact) mass is 318 g/mol. The fourth-order valence-electron chi connectivity index (χ4n) is 2.51. The van der Waals surface area contributed by atoms with Crippen molar-refractivity contribution in [3.8, 4) is 0 Å². The van der Waals surface area contributed by atoms with E-state index in [1.54, 1.807) is 9.80 Å². The SMILES string of the molecule is CCN(C[C@H]1CCCN(C(=O)OC(C)(C)C)C1)C(=O)CCl. The van der Waals surface area contributed by atoms with Crippen molar-refractivity contribution in [2.24, 2.45) is 5.92 Å². The molecule has 0 aromatic heterocycles. The maximum atomic E-state index is 12.1. The Morgan fingerprint density at radius 1 is 1.38 bits per heavy atom. The number of carbonyl (C=O) groups excluding carboxylic acids is 2. The number of likely N-dealkylation sites (tertiary alicyclic amines) is 1. The number of carbonyl (C=O) groups is 2. The highest BCUT2D eigenvalue weighted by Gasteiger charge is 2.29. The van der Waals surface area contributed by atoms with Gasteiger partial charge in [0, 0.05) is 26.2 Å². The van der Waals surface area contributed by atoms with Gasteiger partial charge in [-0.3, -0.25) is 4.79 Å². The number of nitrogens with zero attached hydrogens (tertiary/aromatic N) is 2. The average molecular weight is 319 g/mol. The second-order valence-corrected chi connectivity index (χ2v) is 6.77. The van der Waals surface area contributed by atoms with Crippen LogP contribution in [-0.4, -0.2) is 59.5 Å². The van der Waals surface area contributed by atoms with Gasteiger partial charge in [-0.1, -0.05) is 0 Å². The zero-order valence-electron chi connectivity index (χ0n) is 13.5. The van der Waals surface area contributed by atoms with Crippen LogP contribution in [0, 0.1) is 5.92 Å². The van der Waals surface area contributed by atoms with Crippen molar-refractivity contribution < 1.29 is 14.3 Å². The van der Waals surface area contributed by atoms with Crippen molar-refractivity contribution in [3.63, 3.8) is 0 Å². The van der Waals surface area contributed by atoms with E-state index in [1.165, 1.54) is 0 Å². The molecule has 2 amide bonds. The molecule has 1 aliphatic heterocycles. The number of hydrogen-bond acceptors (Lipinski definition) is 3. The normalized spacial score (nSPS) is 19.3. The van der Waals surface area contributed by atoms with Crippen LogP contribution in [0.3, 0.4) is 0 Å². The molecule has 21 heavy (non-hydrogen) atoms. The van der Waals surface area contributed by atoms with E-state index in [-0.39, 0.29) is 17.9 Å². The minimum absolute atomic E-state index is 0.0103. The number of amides is 2. The van der Waals surface area contributed by atoms with Gasteiger partial charge in [-0.05, 0) is 46.5 Å². The van der Waals surface area contributed by atoms with Crippen LogP contribution in [0.2, 0.25) is 0 Å². The molecule has 0 aliphatic carbocycles. The Kier molecular flexibility index (Phi) is 6.78. The van der Waals surface area contributed by atoms with Crippen molar-refractivity contribution >= 4 is 23.6 Å². The van der Waals surface area contributed by atoms with E-state index >= 15 is 0 Å². The summed E-state index contributed by atoms with van der Waals surface area (Å²) in [5.74, 6) is 0.253. The molecule has 0 spiro atoms. The van der Waals surface area contributed by atoms with Gasteiger partial charge in [0.25, 0.3) is 0 Å². The molecule has 0 bridgehead atoms. The third-order valence-corrected chi connectivity index (χ3v) is 3.73. The fourth-order valence-corrected chi connectivity index (χ4v) is 2.68. The largest absolute Gasteiger partial charge is 0.444 e. The second kappa shape index (κ2) is 7.87. The van der Waals surface area contributed by atoms with Crippen molar-refractivity contribution in [1.29, 1.82) is 0 Å². The molecule has 1 atom stereocenters. The fraction of sp³-hybridized carbons (Fsp3) is 0.867. The highest BCUT2D eigenvalue weighted by atomic mass is 35.5. The molecule has 1 saturated heterocycles. The maximum absolute atomic E-state index is 12.1. The highest BCUT2D eigenvalue weighted by Crippen LogP contribution is 2.20. The van der Waals surface area contributed by atoms with Gasteiger partial charge in [0.2, 0.25) is 5.91 Å². The molecule has 0 N–H and O–H groups in total. The number of ether oxygens (including phenoxy) is 1. The molecule has 122 valence electrons. The van der Waals surface area contributed by atoms with E-state index in [4.69, 9.17) is 16.3 Å². The van der Waals surface area contributed by atoms with Crippen molar-refractivity contribution in [1.82, 2.24) is 9.80 Å². The van der Waals surface area contributed by atoms with E-state index in [9.17, 15) is 9.59 Å². The first-order valence-electron chi connectivity index (χ1n) is 7.58. The molecule has 0 aromatic carbocycles. The van der Waals surface area contributed by atoms with Gasteiger partial charge >= 0.3 is 6.09 Å². The molecule has 1 rings (SSSR count). The van der Waals surface area contributed by atoms with E-state index in [0.29, 0.717) is 25.6 Å². The predicted octanol–water partition coefficient (Wildman–Crippen LogP) is 2.72. The Balaban J connectivity index is 2.55. The van der Waals surface area contributed by atoms with Crippen LogP contribution in [0.5, 0.6) is 0 Å². The Bertz CT molecular complexity index is 368. The molecule has 1 aliphatic rings. The third-order valence-electron chi connectivity index (χ3n) is 3.50. The molecule has 0 aromatic rings. The molecule has 1 heterocycles. The first kappa shape index (κ1) is 18.1. The van der Waals surface area contributed by atoms with Crippen LogP contribution >= 0.6 is 11.6 Å². The lowest BCUT2D eigenvalue weighted by Gasteiger charge is -2.36. The van der Waals surface area contributed by atoms with E-state index in [0.717, 1.165) is 19.4 Å². The number of halogens is 1. The van der Waals surface area contributed by atoms with E-state index in [2.05, 4.69) is 0 Å². The second-order valence-electron chi connectivity index (χ2n) is 6.50. The predicted molar refractivity (Wildman–Crippen MR) is 83.5 cm³/mol. The van der Waals surface area contributed by atoms with Crippen LogP contribution in [0.15, 0.2) is 0 Å². The minimum Gasteiger partial charge on any atom is -0.444 e. The molecular formula is C15H27ClN2O3. The molecular weight excluding hydrogens is 292 g/mol. The Morgan fingerprint density at radius 2 is 2.05 bits per heavy atom. The average Bonchev–Trinajstić information content (AvgIpc) is 2.42. The van der Waals surface area contributed by atoms with Gasteiger partial charge in [0.15, 0.2) is 0 Å². The van der Waals surface area contributed by atoms with Crippen molar-refractivity contribution in [3.05, 3.63) is 0 Å². The topological polar surface area (TPSA) is 49.9 Å². The Labute approximate surface area is 132 Å². The molecule has 5 nitrogen and oxygen atoms in total. The first-order valence-corrected chi connectivity index (χ1v) is 8.12. The van der Waals surface area contributed by atoms with Gasteiger partial charge in [-0.25, -0.2) is 4.79 Å². The van der Waals surface area contributed by atoms with Crippen LogP contribution in [-0.2, 0) is 9.53 Å². The summed E-state index contributed by atoms with van der Waals surface area (Å²) >= 11 is 5.62.